The van der Waals surface area contributed by atoms with E-state index in [1.165, 1.54) is 20.2 Å². The molecule has 4 aliphatic heterocycles. The highest BCUT2D eigenvalue weighted by atomic mass is 16.7. The summed E-state index contributed by atoms with van der Waals surface area (Å²) < 4.78 is 18.3. The molecule has 2 aromatic carbocycles. The number of carbonyl (C=O) groups is 4. The third-order valence-electron chi connectivity index (χ3n) is 15.8. The quantitative estimate of drug-likeness (QED) is 0.0569. The molecular formula is C52H64N8O13. The van der Waals surface area contributed by atoms with Crippen LogP contribution in [0.3, 0.4) is 0 Å². The van der Waals surface area contributed by atoms with Crippen LogP contribution in [0.4, 0.5) is 0 Å². The highest BCUT2D eigenvalue weighted by Gasteiger charge is 2.57. The molecule has 1 saturated heterocycles. The number of carbonyl (C=O) groups excluding carboxylic acids is 4. The van der Waals surface area contributed by atoms with Gasteiger partial charge in [0.2, 0.25) is 12.1 Å². The van der Waals surface area contributed by atoms with Gasteiger partial charge in [0.25, 0.3) is 11.8 Å². The highest BCUT2D eigenvalue weighted by molar-refractivity contribution is 6.31. The molecule has 11 unspecified atom stereocenters. The molecular weight excluding hydrogens is 945 g/mol. The number of ether oxygens (including phenoxy) is 3. The number of benzene rings is 2. The van der Waals surface area contributed by atoms with E-state index < -0.39 is 90.5 Å². The minimum atomic E-state index is -2.46. The average molecular weight is 1010 g/mol. The second-order valence-electron chi connectivity index (χ2n) is 19.7. The van der Waals surface area contributed by atoms with E-state index in [0.29, 0.717) is 59.9 Å². The number of methoxy groups -OCH3 is 1. The number of phenols is 1. The number of hydrogen-bond donors (Lipinski definition) is 12. The number of guanidine groups is 1. The van der Waals surface area contributed by atoms with E-state index >= 15 is 9.59 Å². The molecule has 0 bridgehead atoms. The van der Waals surface area contributed by atoms with E-state index in [0.717, 1.165) is 22.6 Å². The van der Waals surface area contributed by atoms with Crippen molar-refractivity contribution in [2.45, 2.75) is 100 Å². The van der Waals surface area contributed by atoms with Crippen molar-refractivity contribution >= 4 is 29.3 Å². The number of aromatic hydroxyl groups is 1. The molecule has 1 fully saturated rings. The van der Waals surface area contributed by atoms with Crippen molar-refractivity contribution in [2.75, 3.05) is 40.5 Å². The van der Waals surface area contributed by atoms with Crippen LogP contribution in [0, 0.1) is 17.8 Å². The number of ketones is 2. The van der Waals surface area contributed by atoms with E-state index in [-0.39, 0.29) is 89.4 Å². The molecule has 2 amide bonds. The number of nitrogens with zero attached hydrogens (tertiary/aromatic N) is 2. The minimum Gasteiger partial charge on any atom is -0.507 e. The minimum absolute atomic E-state index is 0.0278. The standard InChI is InChI=1S/C52H64N8O13/c1-4-27-31(71-3)18-32(72-50-48(68)49(69)52(70,33(22-62)73-50)19-26(24-13-15-57-35(54)17-24)21-60-36(63)11-12-37(60)64)43-40(27)45(65)41-29-7-5-23(14-16-61)38(25-6-10-34(53)58-20-25)28-8-9-30(59-51(55)56-2)42(39(28)29)46(66)44(41)47(43)67/h6,10-13,17-18,20,23,26,28,30,33-34,38,48-50,57-58,61-62,66,68-70H,4-5,7-9,14-16,19,21-22,53-54H2,1-3H3,(H3,55,56,59). The highest BCUT2D eigenvalue weighted by Crippen LogP contribution is 2.57. The number of nitrogens with two attached hydrogens (primary N) is 3. The van der Waals surface area contributed by atoms with Gasteiger partial charge in [-0.1, -0.05) is 19.1 Å². The Morgan fingerprint density at radius 1 is 1.03 bits per heavy atom. The first-order valence-corrected chi connectivity index (χ1v) is 24.7. The Kier molecular flexibility index (Phi) is 14.3. The molecule has 0 saturated carbocycles. The number of rotatable bonds is 14. The topological polar surface area (TPSA) is 347 Å². The zero-order valence-corrected chi connectivity index (χ0v) is 40.8. The number of dihydropyridines is 2. The van der Waals surface area contributed by atoms with E-state index in [4.69, 9.17) is 31.4 Å². The molecule has 7 aliphatic rings. The van der Waals surface area contributed by atoms with Crippen molar-refractivity contribution in [1.82, 2.24) is 20.9 Å². The number of imide groups is 1. The Morgan fingerprint density at radius 2 is 1.77 bits per heavy atom. The summed E-state index contributed by atoms with van der Waals surface area (Å²) in [5, 5.41) is 79.6. The summed E-state index contributed by atoms with van der Waals surface area (Å²) in [7, 11) is 2.89. The fraction of sp³-hybridized carbons (Fsp3) is 0.481. The summed E-state index contributed by atoms with van der Waals surface area (Å²) in [5.74, 6) is -4.31. The monoisotopic (exact) mass is 1010 g/mol. The molecule has 2 aromatic rings. The lowest BCUT2D eigenvalue weighted by Crippen LogP contribution is -2.68. The van der Waals surface area contributed by atoms with Gasteiger partial charge >= 0.3 is 0 Å². The van der Waals surface area contributed by atoms with Crippen LogP contribution in [0.5, 0.6) is 17.2 Å². The first-order chi connectivity index (χ1) is 35.0. The number of aliphatic hydroxyl groups excluding tert-OH is 4. The average Bonchev–Trinajstić information content (AvgIpc) is 3.60. The summed E-state index contributed by atoms with van der Waals surface area (Å²) in [4.78, 5) is 61.8. The molecule has 21 heteroatoms. The molecule has 3 aliphatic carbocycles. The Labute approximate surface area is 421 Å². The molecule has 390 valence electrons. The van der Waals surface area contributed by atoms with Gasteiger partial charge in [-0.05, 0) is 97.1 Å². The molecule has 4 heterocycles. The van der Waals surface area contributed by atoms with Crippen molar-refractivity contribution in [3.63, 3.8) is 0 Å². The smallest absolute Gasteiger partial charge is 0.253 e. The fourth-order valence-corrected chi connectivity index (χ4v) is 12.3. The van der Waals surface area contributed by atoms with Gasteiger partial charge in [-0.25, -0.2) is 0 Å². The van der Waals surface area contributed by atoms with E-state index in [1.807, 2.05) is 18.4 Å². The van der Waals surface area contributed by atoms with Crippen molar-refractivity contribution in [2.24, 2.45) is 39.9 Å². The maximum atomic E-state index is 15.7. The maximum absolute atomic E-state index is 15.7. The largest absolute Gasteiger partial charge is 0.507 e. The molecule has 0 spiro atoms. The van der Waals surface area contributed by atoms with Gasteiger partial charge in [-0.2, -0.15) is 0 Å². The number of phenolic OH excluding ortho intramolecular Hbond substituents is 1. The molecule has 9 rings (SSSR count). The molecule has 15 N–H and O–H groups in total. The number of hydrogen-bond acceptors (Lipinski definition) is 18. The number of fused-ring (bicyclic) bond motifs is 3. The van der Waals surface area contributed by atoms with Gasteiger partial charge in [0, 0.05) is 79.3 Å². The van der Waals surface area contributed by atoms with Gasteiger partial charge in [0.1, 0.15) is 41.2 Å². The molecule has 0 aromatic heterocycles. The van der Waals surface area contributed by atoms with Crippen molar-refractivity contribution in [3.05, 3.63) is 110 Å². The van der Waals surface area contributed by atoms with Crippen LogP contribution in [0.25, 0.3) is 0 Å². The van der Waals surface area contributed by atoms with Crippen LogP contribution >= 0.6 is 0 Å². The molecule has 0 radical (unpaired) electrons. The lowest BCUT2D eigenvalue weighted by Gasteiger charge is -2.49. The predicted molar refractivity (Wildman–Crippen MR) is 264 cm³/mol. The Morgan fingerprint density at radius 3 is 2.41 bits per heavy atom. The Balaban J connectivity index is 1.13. The predicted octanol–water partition coefficient (Wildman–Crippen LogP) is -0.110. The third-order valence-corrected chi connectivity index (χ3v) is 15.8. The first-order valence-electron chi connectivity index (χ1n) is 24.7. The molecule has 21 nitrogen and oxygen atoms in total. The van der Waals surface area contributed by atoms with Gasteiger partial charge in [-0.15, -0.1) is 0 Å². The summed E-state index contributed by atoms with van der Waals surface area (Å²) in [6.07, 6.45) is 5.03. The number of nitrogens with one attached hydrogen (secondary N) is 3. The van der Waals surface area contributed by atoms with Gasteiger partial charge in [0.05, 0.1) is 42.9 Å². The number of aliphatic hydroxyl groups is 5. The van der Waals surface area contributed by atoms with E-state index in [1.54, 1.807) is 19.1 Å². The van der Waals surface area contributed by atoms with Crippen LogP contribution in [-0.2, 0) is 27.2 Å². The normalized spacial score (nSPS) is 30.0. The SMILES string of the molecule is CCc1c(OC)cc(OC2OC(CO)C(O)(CC(CN3C(=O)C=CC3=O)C3=CCNC(N)=C3)C(O)C2O)c2c1C(=O)c1c3c4c(c(O)c1C2=O)C(NC(N)=NC)CCC4C(C1=CNC(N)C=C1)C(CCO)CC3. The lowest BCUT2D eigenvalue weighted by atomic mass is 9.65. The zero-order chi connectivity index (χ0) is 52.2. The van der Waals surface area contributed by atoms with Gasteiger partial charge in [0.15, 0.2) is 11.7 Å². The number of amides is 2. The van der Waals surface area contributed by atoms with Gasteiger partial charge in [-0.3, -0.25) is 29.1 Å². The molecule has 11 atom stereocenters. The first kappa shape index (κ1) is 51.3. The Bertz CT molecular complexity index is 2780. The third kappa shape index (κ3) is 8.85. The summed E-state index contributed by atoms with van der Waals surface area (Å²) >= 11 is 0. The van der Waals surface area contributed by atoms with Gasteiger partial charge < -0.3 is 78.0 Å². The summed E-state index contributed by atoms with van der Waals surface area (Å²) in [6.45, 7) is 0.759. The second-order valence-corrected chi connectivity index (χ2v) is 19.7. The fourth-order valence-electron chi connectivity index (χ4n) is 12.3. The summed E-state index contributed by atoms with van der Waals surface area (Å²) in [5.41, 5.74) is 19.0. The second kappa shape index (κ2) is 20.4. The number of aliphatic imine (C=N–C) groups is 1. The zero-order valence-electron chi connectivity index (χ0n) is 40.8. The van der Waals surface area contributed by atoms with Crippen LogP contribution in [0.2, 0.25) is 0 Å². The van der Waals surface area contributed by atoms with E-state index in [9.17, 15) is 40.2 Å². The number of allylic oxidation sites excluding steroid dienone is 3. The summed E-state index contributed by atoms with van der Waals surface area (Å²) in [6, 6.07) is 0.699. The Hall–Kier alpha value is -6.59. The lowest BCUT2D eigenvalue weighted by molar-refractivity contribution is -0.316. The maximum Gasteiger partial charge on any atom is 0.253 e. The van der Waals surface area contributed by atoms with Crippen LogP contribution < -0.4 is 42.6 Å². The van der Waals surface area contributed by atoms with Crippen molar-refractivity contribution < 1.29 is 64.0 Å². The van der Waals surface area contributed by atoms with E-state index in [2.05, 4.69) is 20.9 Å². The van der Waals surface area contributed by atoms with Crippen LogP contribution in [-0.4, -0.2) is 142 Å². The van der Waals surface area contributed by atoms with Crippen LogP contribution in [0.1, 0.15) is 105 Å². The van der Waals surface area contributed by atoms with Crippen LogP contribution in [0.15, 0.2) is 70.7 Å². The van der Waals surface area contributed by atoms with Crippen molar-refractivity contribution in [3.8, 4) is 17.2 Å². The van der Waals surface area contributed by atoms with Crippen molar-refractivity contribution in [1.29, 1.82) is 0 Å². The molecule has 73 heavy (non-hydrogen) atoms.